The van der Waals surface area contributed by atoms with Crippen molar-refractivity contribution >= 4 is 33.2 Å². The topological polar surface area (TPSA) is 66.5 Å². The van der Waals surface area contributed by atoms with Crippen molar-refractivity contribution in [2.24, 2.45) is 0 Å². The Morgan fingerprint density at radius 1 is 1.23 bits per heavy atom. The third-order valence-corrected chi connectivity index (χ3v) is 6.66. The third-order valence-electron chi connectivity index (χ3n) is 4.17. The summed E-state index contributed by atoms with van der Waals surface area (Å²) in [5.74, 6) is -1.06. The van der Waals surface area contributed by atoms with Crippen LogP contribution in [0.15, 0.2) is 41.3 Å². The molecule has 0 radical (unpaired) electrons. The Hall–Kier alpha value is -1.96. The van der Waals surface area contributed by atoms with Crippen LogP contribution < -0.4 is 5.32 Å². The fourth-order valence-electron chi connectivity index (χ4n) is 2.90. The summed E-state index contributed by atoms with van der Waals surface area (Å²) < 4.78 is 40.2. The number of benzene rings is 2. The number of anilines is 1. The van der Waals surface area contributed by atoms with Crippen LogP contribution in [0.1, 0.15) is 36.7 Å². The molecule has 0 fully saturated rings. The number of hydrogen-bond acceptors (Lipinski definition) is 3. The lowest BCUT2D eigenvalue weighted by molar-refractivity contribution is 0.102. The highest BCUT2D eigenvalue weighted by Gasteiger charge is 2.42. The van der Waals surface area contributed by atoms with Crippen LogP contribution in [-0.2, 0) is 16.6 Å². The second-order valence-electron chi connectivity index (χ2n) is 7.05. The number of carbonyl (C=O) groups is 1. The molecule has 0 saturated carbocycles. The van der Waals surface area contributed by atoms with Gasteiger partial charge in [-0.25, -0.2) is 12.8 Å². The first-order chi connectivity index (χ1) is 12.0. The minimum Gasteiger partial charge on any atom is -0.322 e. The summed E-state index contributed by atoms with van der Waals surface area (Å²) in [6.45, 7) is 5.53. The predicted molar refractivity (Wildman–Crippen MR) is 98.3 cm³/mol. The normalized spacial score (nSPS) is 16.3. The van der Waals surface area contributed by atoms with E-state index in [0.717, 1.165) is 6.07 Å². The van der Waals surface area contributed by atoms with E-state index >= 15 is 0 Å². The Kier molecular flexibility index (Phi) is 4.58. The van der Waals surface area contributed by atoms with Gasteiger partial charge in [-0.3, -0.25) is 4.79 Å². The number of rotatable bonds is 2. The fourth-order valence-corrected chi connectivity index (χ4v) is 5.07. The molecule has 2 aromatic carbocycles. The van der Waals surface area contributed by atoms with Crippen molar-refractivity contribution in [3.8, 4) is 0 Å². The highest BCUT2D eigenvalue weighted by molar-refractivity contribution is 7.89. The quantitative estimate of drug-likeness (QED) is 0.833. The molecule has 0 atom stereocenters. The van der Waals surface area contributed by atoms with Crippen LogP contribution in [-0.4, -0.2) is 24.2 Å². The van der Waals surface area contributed by atoms with Crippen molar-refractivity contribution in [3.05, 3.63) is 58.4 Å². The highest BCUT2D eigenvalue weighted by Crippen LogP contribution is 2.37. The first-order valence-corrected chi connectivity index (χ1v) is 9.75. The van der Waals surface area contributed by atoms with E-state index in [1.165, 1.54) is 28.6 Å². The van der Waals surface area contributed by atoms with Crippen molar-refractivity contribution < 1.29 is 17.6 Å². The van der Waals surface area contributed by atoms with E-state index in [-0.39, 0.29) is 22.0 Å². The van der Waals surface area contributed by atoms with Crippen LogP contribution in [0.4, 0.5) is 10.1 Å². The molecule has 3 rings (SSSR count). The summed E-state index contributed by atoms with van der Waals surface area (Å²) in [7, 11) is -3.66. The van der Waals surface area contributed by atoms with Gasteiger partial charge in [-0.2, -0.15) is 4.31 Å². The predicted octanol–water partition coefficient (Wildman–Crippen LogP) is 4.03. The van der Waals surface area contributed by atoms with E-state index in [1.54, 1.807) is 26.8 Å². The van der Waals surface area contributed by atoms with E-state index in [4.69, 9.17) is 11.6 Å². The van der Waals surface area contributed by atoms with Crippen molar-refractivity contribution in [2.45, 2.75) is 37.8 Å². The van der Waals surface area contributed by atoms with Gasteiger partial charge < -0.3 is 5.32 Å². The van der Waals surface area contributed by atoms with Crippen LogP contribution >= 0.6 is 11.6 Å². The van der Waals surface area contributed by atoms with Crippen molar-refractivity contribution in [2.75, 3.05) is 5.32 Å². The summed E-state index contributed by atoms with van der Waals surface area (Å²) >= 11 is 5.73. The lowest BCUT2D eigenvalue weighted by Gasteiger charge is -2.29. The van der Waals surface area contributed by atoms with Crippen molar-refractivity contribution in [3.63, 3.8) is 0 Å². The zero-order chi connectivity index (χ0) is 19.3. The molecular formula is C18H18ClFN2O3S. The Morgan fingerprint density at radius 2 is 1.92 bits per heavy atom. The summed E-state index contributed by atoms with van der Waals surface area (Å²) in [5.41, 5.74) is 0.426. The Morgan fingerprint density at radius 3 is 2.54 bits per heavy atom. The van der Waals surface area contributed by atoms with Gasteiger partial charge in [0.15, 0.2) is 0 Å². The number of hydrogen-bond donors (Lipinski definition) is 1. The Labute approximate surface area is 156 Å². The number of halogens is 2. The van der Waals surface area contributed by atoms with Gasteiger partial charge in [-0.15, -0.1) is 0 Å². The number of fused-ring (bicyclic) bond motifs is 1. The molecule has 0 unspecified atom stereocenters. The molecule has 138 valence electrons. The van der Waals surface area contributed by atoms with E-state index in [0.29, 0.717) is 11.3 Å². The van der Waals surface area contributed by atoms with E-state index in [2.05, 4.69) is 5.32 Å². The molecule has 5 nitrogen and oxygen atoms in total. The molecular weight excluding hydrogens is 379 g/mol. The first-order valence-electron chi connectivity index (χ1n) is 7.93. The largest absolute Gasteiger partial charge is 0.322 e. The zero-order valence-electron chi connectivity index (χ0n) is 14.5. The lowest BCUT2D eigenvalue weighted by Crippen LogP contribution is -2.41. The molecule has 0 bridgehead atoms. The summed E-state index contributed by atoms with van der Waals surface area (Å²) in [5, 5.41) is 2.52. The van der Waals surface area contributed by atoms with Crippen molar-refractivity contribution in [1.29, 1.82) is 0 Å². The maximum Gasteiger partial charge on any atom is 0.256 e. The summed E-state index contributed by atoms with van der Waals surface area (Å²) in [4.78, 5) is 12.8. The van der Waals surface area contributed by atoms with E-state index in [9.17, 15) is 17.6 Å². The van der Waals surface area contributed by atoms with Crippen molar-refractivity contribution in [1.82, 2.24) is 4.31 Å². The maximum atomic E-state index is 13.3. The SMILES string of the molecule is CC(C)(C)N1Cc2c(C(=O)Nc3ccc(F)c(Cl)c3)cccc2S1(=O)=O. The maximum absolute atomic E-state index is 13.3. The molecule has 1 aliphatic rings. The zero-order valence-corrected chi connectivity index (χ0v) is 16.1. The Bertz CT molecular complexity index is 1000. The molecule has 0 spiro atoms. The van der Waals surface area contributed by atoms with Crippen LogP contribution in [0.5, 0.6) is 0 Å². The number of nitrogens with zero attached hydrogens (tertiary/aromatic N) is 1. The average Bonchev–Trinajstić information content (AvgIpc) is 2.82. The number of amides is 1. The molecule has 0 aromatic heterocycles. The third kappa shape index (κ3) is 3.22. The molecule has 26 heavy (non-hydrogen) atoms. The molecule has 1 N–H and O–H groups in total. The smallest absolute Gasteiger partial charge is 0.256 e. The number of nitrogens with one attached hydrogen (secondary N) is 1. The van der Waals surface area contributed by atoms with Crippen LogP contribution in [0.2, 0.25) is 5.02 Å². The standard InChI is InChI=1S/C18H18ClFN2O3S/c1-18(2,3)22-10-13-12(5-4-6-16(13)26(22,24)25)17(23)21-11-7-8-15(20)14(19)9-11/h4-9H,10H2,1-3H3,(H,21,23). The molecule has 0 saturated heterocycles. The fraction of sp³-hybridized carbons (Fsp3) is 0.278. The van der Waals surface area contributed by atoms with Gasteiger partial charge >= 0.3 is 0 Å². The van der Waals surface area contributed by atoms with Gasteiger partial charge in [-0.05, 0) is 51.1 Å². The summed E-state index contributed by atoms with van der Waals surface area (Å²) in [6, 6.07) is 8.45. The number of carbonyl (C=O) groups excluding carboxylic acids is 1. The van der Waals surface area contributed by atoms with Gasteiger partial charge in [-0.1, -0.05) is 17.7 Å². The van der Waals surface area contributed by atoms with Gasteiger partial charge in [0.2, 0.25) is 10.0 Å². The van der Waals surface area contributed by atoms with Crippen LogP contribution in [0.3, 0.4) is 0 Å². The highest BCUT2D eigenvalue weighted by atomic mass is 35.5. The van der Waals surface area contributed by atoms with Gasteiger partial charge in [0.1, 0.15) is 5.82 Å². The molecule has 0 aliphatic carbocycles. The van der Waals surface area contributed by atoms with Crippen LogP contribution in [0, 0.1) is 5.82 Å². The minimum absolute atomic E-state index is 0.109. The molecule has 8 heteroatoms. The van der Waals surface area contributed by atoms with Gasteiger partial charge in [0.05, 0.1) is 9.92 Å². The van der Waals surface area contributed by atoms with Gasteiger partial charge in [0, 0.05) is 28.9 Å². The number of sulfonamides is 1. The van der Waals surface area contributed by atoms with E-state index in [1.807, 2.05) is 0 Å². The summed E-state index contributed by atoms with van der Waals surface area (Å²) in [6.07, 6.45) is 0. The first kappa shape index (κ1) is 18.8. The minimum atomic E-state index is -3.66. The molecule has 2 aromatic rings. The average molecular weight is 397 g/mol. The van der Waals surface area contributed by atoms with E-state index < -0.39 is 27.3 Å². The monoisotopic (exact) mass is 396 g/mol. The lowest BCUT2D eigenvalue weighted by atomic mass is 10.0. The second-order valence-corrected chi connectivity index (χ2v) is 9.29. The van der Waals surface area contributed by atoms with Gasteiger partial charge in [0.25, 0.3) is 5.91 Å². The van der Waals surface area contributed by atoms with Crippen LogP contribution in [0.25, 0.3) is 0 Å². The Balaban J connectivity index is 1.98. The molecule has 1 amide bonds. The molecule has 1 aliphatic heterocycles. The second kappa shape index (κ2) is 6.33. The molecule has 1 heterocycles.